The minimum atomic E-state index is -4.05. The highest BCUT2D eigenvalue weighted by Gasteiger charge is 2.27. The number of benzene rings is 3. The summed E-state index contributed by atoms with van der Waals surface area (Å²) >= 11 is 12.3. The van der Waals surface area contributed by atoms with Gasteiger partial charge < -0.3 is 15.4 Å². The number of hydrogen-bond donors (Lipinski definition) is 2. The second-order valence-corrected chi connectivity index (χ2v) is 11.4. The Labute approximate surface area is 238 Å². The van der Waals surface area contributed by atoms with Crippen molar-refractivity contribution in [2.45, 2.75) is 18.4 Å². The van der Waals surface area contributed by atoms with Crippen LogP contribution in [0.15, 0.2) is 83.9 Å². The Morgan fingerprint density at radius 3 is 2.54 bits per heavy atom. The first-order chi connectivity index (χ1) is 18.8. The number of halogens is 2. The van der Waals surface area contributed by atoms with Crippen molar-refractivity contribution < 1.29 is 17.9 Å². The topological polar surface area (TPSA) is 101 Å². The van der Waals surface area contributed by atoms with Gasteiger partial charge in [0.2, 0.25) is 15.9 Å². The number of nitrogens with one attached hydrogen (secondary N) is 2. The summed E-state index contributed by atoms with van der Waals surface area (Å²) in [5, 5.41) is 7.76. The summed E-state index contributed by atoms with van der Waals surface area (Å²) in [4.78, 5) is 17.2. The average Bonchev–Trinajstić information content (AvgIpc) is 2.92. The number of anilines is 1. The molecule has 0 saturated heterocycles. The summed E-state index contributed by atoms with van der Waals surface area (Å²) in [5.41, 5.74) is 2.36. The van der Waals surface area contributed by atoms with Gasteiger partial charge in [-0.15, -0.1) is 0 Å². The summed E-state index contributed by atoms with van der Waals surface area (Å²) in [7, 11) is -4.05. The van der Waals surface area contributed by atoms with Gasteiger partial charge in [0.15, 0.2) is 0 Å². The van der Waals surface area contributed by atoms with E-state index in [0.29, 0.717) is 23.9 Å². The number of carbonyl (C=O) groups is 1. The number of sulfonamides is 1. The van der Waals surface area contributed by atoms with Gasteiger partial charge in [0, 0.05) is 41.9 Å². The van der Waals surface area contributed by atoms with Gasteiger partial charge in [-0.1, -0.05) is 53.5 Å². The highest BCUT2D eigenvalue weighted by Crippen LogP contribution is 2.29. The van der Waals surface area contributed by atoms with Crippen molar-refractivity contribution in [3.63, 3.8) is 0 Å². The Balaban J connectivity index is 1.43. The van der Waals surface area contributed by atoms with Crippen molar-refractivity contribution in [2.24, 2.45) is 0 Å². The zero-order chi connectivity index (χ0) is 27.8. The highest BCUT2D eigenvalue weighted by molar-refractivity contribution is 7.89. The second-order valence-electron chi connectivity index (χ2n) is 8.58. The molecule has 0 aliphatic carbocycles. The number of ether oxygens (including phenoxy) is 1. The number of fused-ring (bicyclic) bond motifs is 1. The zero-order valence-electron chi connectivity index (χ0n) is 21.2. The van der Waals surface area contributed by atoms with Crippen molar-refractivity contribution >= 4 is 55.7 Å². The lowest BCUT2D eigenvalue weighted by atomic mass is 10.2. The lowest BCUT2D eigenvalue weighted by Gasteiger charge is -2.22. The highest BCUT2D eigenvalue weighted by atomic mass is 35.5. The summed E-state index contributed by atoms with van der Waals surface area (Å²) in [6.07, 6.45) is 1.68. The number of amides is 1. The molecule has 4 rings (SSSR count). The third-order valence-corrected chi connectivity index (χ3v) is 8.15. The average molecular weight is 588 g/mol. The lowest BCUT2D eigenvalue weighted by molar-refractivity contribution is -0.121. The van der Waals surface area contributed by atoms with Gasteiger partial charge in [0.25, 0.3) is 0 Å². The van der Waals surface area contributed by atoms with Crippen molar-refractivity contribution in [1.82, 2.24) is 14.6 Å². The van der Waals surface area contributed by atoms with Gasteiger partial charge in [0.1, 0.15) is 5.75 Å². The smallest absolute Gasteiger partial charge is 0.243 e. The molecule has 0 aliphatic rings. The van der Waals surface area contributed by atoms with Crippen LogP contribution >= 0.6 is 23.2 Å². The van der Waals surface area contributed by atoms with E-state index in [2.05, 4.69) is 15.6 Å². The number of carbonyl (C=O) groups excluding carboxylic acids is 1. The van der Waals surface area contributed by atoms with Crippen LogP contribution < -0.4 is 15.4 Å². The normalized spacial score (nSPS) is 11.5. The van der Waals surface area contributed by atoms with E-state index in [4.69, 9.17) is 27.9 Å². The van der Waals surface area contributed by atoms with Crippen molar-refractivity contribution in [3.05, 3.63) is 94.6 Å². The Kier molecular flexibility index (Phi) is 9.63. The third-order valence-electron chi connectivity index (χ3n) is 5.83. The zero-order valence-corrected chi connectivity index (χ0v) is 23.6. The molecule has 39 heavy (non-hydrogen) atoms. The molecule has 0 bridgehead atoms. The standard InChI is InChI=1S/C28H28Cl2N4O4S/c1-2-38-27-11-9-22(17-24(27)30)39(36,37)34(18-20-6-4-3-5-7-20)19-28(35)33-15-14-32-25-12-13-31-26-16-21(29)8-10-23(25)26/h3-13,16-17H,2,14-15,18-19H2,1H3,(H,31,32)(H,33,35). The van der Waals surface area contributed by atoms with E-state index in [9.17, 15) is 13.2 Å². The maximum Gasteiger partial charge on any atom is 0.243 e. The van der Waals surface area contributed by atoms with Crippen LogP contribution in [0.4, 0.5) is 5.69 Å². The maximum absolute atomic E-state index is 13.6. The molecule has 1 aromatic heterocycles. The largest absolute Gasteiger partial charge is 0.492 e. The molecule has 0 unspecified atom stereocenters. The fraction of sp³-hybridized carbons (Fsp3) is 0.214. The molecule has 8 nitrogen and oxygen atoms in total. The molecule has 3 aromatic carbocycles. The number of pyridine rings is 1. The van der Waals surface area contributed by atoms with Gasteiger partial charge in [-0.05, 0) is 55.0 Å². The van der Waals surface area contributed by atoms with Crippen molar-refractivity contribution in [3.8, 4) is 5.75 Å². The molecule has 0 radical (unpaired) electrons. The van der Waals surface area contributed by atoms with E-state index in [1.54, 1.807) is 18.3 Å². The Hall–Kier alpha value is -3.37. The van der Waals surface area contributed by atoms with Crippen LogP contribution in [0.3, 0.4) is 0 Å². The van der Waals surface area contributed by atoms with Crippen molar-refractivity contribution in [2.75, 3.05) is 31.6 Å². The minimum Gasteiger partial charge on any atom is -0.492 e. The Morgan fingerprint density at radius 2 is 1.79 bits per heavy atom. The quantitative estimate of drug-likeness (QED) is 0.217. The first-order valence-corrected chi connectivity index (χ1v) is 14.5. The SMILES string of the molecule is CCOc1ccc(S(=O)(=O)N(CC(=O)NCCNc2ccnc3cc(Cl)ccc23)Cc2ccccc2)cc1Cl. The molecule has 0 fully saturated rings. The van der Waals surface area contributed by atoms with Crippen LogP contribution in [0.5, 0.6) is 5.75 Å². The van der Waals surface area contributed by atoms with Crippen LogP contribution in [0, 0.1) is 0 Å². The minimum absolute atomic E-state index is 0.0191. The van der Waals surface area contributed by atoms with Crippen LogP contribution in [-0.2, 0) is 21.4 Å². The fourth-order valence-corrected chi connectivity index (χ4v) is 5.84. The molecule has 0 saturated carbocycles. The maximum atomic E-state index is 13.6. The lowest BCUT2D eigenvalue weighted by Crippen LogP contribution is -2.41. The molecular formula is C28H28Cl2N4O4S. The number of rotatable bonds is 12. The van der Waals surface area contributed by atoms with Gasteiger partial charge >= 0.3 is 0 Å². The summed E-state index contributed by atoms with van der Waals surface area (Å²) in [6.45, 7) is 2.57. The molecule has 2 N–H and O–H groups in total. The van der Waals surface area contributed by atoms with E-state index in [1.807, 2.05) is 49.4 Å². The summed E-state index contributed by atoms with van der Waals surface area (Å²) < 4.78 is 33.7. The molecular weight excluding hydrogens is 559 g/mol. The first-order valence-electron chi connectivity index (χ1n) is 12.3. The number of hydrogen-bond acceptors (Lipinski definition) is 6. The monoisotopic (exact) mass is 586 g/mol. The summed E-state index contributed by atoms with van der Waals surface area (Å²) in [5.74, 6) is -0.0391. The molecule has 4 aromatic rings. The van der Waals surface area contributed by atoms with E-state index < -0.39 is 15.9 Å². The van der Waals surface area contributed by atoms with E-state index >= 15 is 0 Å². The van der Waals surface area contributed by atoms with Crippen LogP contribution in [0.25, 0.3) is 10.9 Å². The summed E-state index contributed by atoms with van der Waals surface area (Å²) in [6, 6.07) is 20.7. The fourth-order valence-electron chi connectivity index (χ4n) is 3.97. The van der Waals surface area contributed by atoms with E-state index in [-0.39, 0.29) is 29.6 Å². The molecule has 1 amide bonds. The third kappa shape index (κ3) is 7.39. The Bertz CT molecular complexity index is 1550. The van der Waals surface area contributed by atoms with E-state index in [0.717, 1.165) is 26.5 Å². The number of nitrogens with zero attached hydrogens (tertiary/aromatic N) is 2. The van der Waals surface area contributed by atoms with Crippen molar-refractivity contribution in [1.29, 1.82) is 0 Å². The van der Waals surface area contributed by atoms with Crippen LogP contribution in [-0.4, -0.2) is 49.9 Å². The predicted octanol–water partition coefficient (Wildman–Crippen LogP) is 5.36. The van der Waals surface area contributed by atoms with Gasteiger partial charge in [-0.3, -0.25) is 9.78 Å². The molecule has 0 atom stereocenters. The van der Waals surface area contributed by atoms with Gasteiger partial charge in [0.05, 0.1) is 28.6 Å². The van der Waals surface area contributed by atoms with Gasteiger partial charge in [-0.25, -0.2) is 8.42 Å². The van der Waals surface area contributed by atoms with Gasteiger partial charge in [-0.2, -0.15) is 4.31 Å². The molecule has 0 spiro atoms. The first kappa shape index (κ1) is 28.6. The van der Waals surface area contributed by atoms with E-state index in [1.165, 1.54) is 18.2 Å². The molecule has 0 aliphatic heterocycles. The van der Waals surface area contributed by atoms with Crippen LogP contribution in [0.1, 0.15) is 12.5 Å². The Morgan fingerprint density at radius 1 is 1.00 bits per heavy atom. The second kappa shape index (κ2) is 13.1. The van der Waals surface area contributed by atoms with Crippen LogP contribution in [0.2, 0.25) is 10.0 Å². The number of aromatic nitrogens is 1. The predicted molar refractivity (Wildman–Crippen MR) is 155 cm³/mol. The molecule has 1 heterocycles. The molecule has 204 valence electrons. The molecule has 11 heteroatoms.